The summed E-state index contributed by atoms with van der Waals surface area (Å²) in [6, 6.07) is 5.84. The predicted octanol–water partition coefficient (Wildman–Crippen LogP) is 3.65. The van der Waals surface area contributed by atoms with Gasteiger partial charge >= 0.3 is 0 Å². The summed E-state index contributed by atoms with van der Waals surface area (Å²) in [5.41, 5.74) is 0.836. The quantitative estimate of drug-likeness (QED) is 0.547. The van der Waals surface area contributed by atoms with Crippen molar-refractivity contribution in [2.24, 2.45) is 0 Å². The summed E-state index contributed by atoms with van der Waals surface area (Å²) in [6.07, 6.45) is 0.899. The molecule has 2 amide bonds. The van der Waals surface area contributed by atoms with E-state index in [9.17, 15) is 14.0 Å². The van der Waals surface area contributed by atoms with Crippen molar-refractivity contribution in [3.63, 3.8) is 0 Å². The van der Waals surface area contributed by atoms with Crippen LogP contribution < -0.4 is 10.6 Å². The van der Waals surface area contributed by atoms with E-state index in [2.05, 4.69) is 20.8 Å². The van der Waals surface area contributed by atoms with Crippen LogP contribution in [0.1, 0.15) is 38.8 Å². The number of hydrogen-bond donors (Lipinski definition) is 2. The first-order valence-corrected chi connectivity index (χ1v) is 11.5. The van der Waals surface area contributed by atoms with Crippen LogP contribution in [0.4, 0.5) is 4.39 Å². The molecule has 0 saturated heterocycles. The van der Waals surface area contributed by atoms with Gasteiger partial charge in [-0.15, -0.1) is 10.2 Å². The van der Waals surface area contributed by atoms with Crippen molar-refractivity contribution in [3.05, 3.63) is 35.6 Å². The molecule has 1 heterocycles. The fraction of sp³-hybridized carbons (Fsp3) is 0.444. The van der Waals surface area contributed by atoms with Gasteiger partial charge in [0.25, 0.3) is 0 Å². The number of amides is 2. The number of nitrogens with zero attached hydrogens (tertiary/aromatic N) is 2. The lowest BCUT2D eigenvalue weighted by atomic mass is 10.1. The Morgan fingerprint density at radius 2 is 1.86 bits per heavy atom. The number of aromatic nitrogens is 2. The highest BCUT2D eigenvalue weighted by molar-refractivity contribution is 8.04. The zero-order valence-electron chi connectivity index (χ0n) is 15.9. The average Bonchev–Trinajstić information content (AvgIpc) is 3.12. The van der Waals surface area contributed by atoms with Crippen LogP contribution in [0.25, 0.3) is 0 Å². The molecule has 152 valence electrons. The molecule has 0 saturated carbocycles. The molecule has 2 N–H and O–H groups in total. The Morgan fingerprint density at radius 1 is 1.18 bits per heavy atom. The summed E-state index contributed by atoms with van der Waals surface area (Å²) < 4.78 is 14.4. The van der Waals surface area contributed by atoms with E-state index in [0.29, 0.717) is 21.0 Å². The van der Waals surface area contributed by atoms with Gasteiger partial charge in [-0.05, 0) is 38.0 Å². The second-order valence-corrected chi connectivity index (χ2v) is 9.80. The van der Waals surface area contributed by atoms with Gasteiger partial charge in [0.05, 0.1) is 17.0 Å². The second kappa shape index (κ2) is 11.4. The van der Waals surface area contributed by atoms with Crippen LogP contribution in [0.15, 0.2) is 32.9 Å². The van der Waals surface area contributed by atoms with Gasteiger partial charge in [0.15, 0.2) is 8.68 Å². The van der Waals surface area contributed by atoms with Crippen LogP contribution in [-0.2, 0) is 9.59 Å². The molecule has 6 nitrogen and oxygen atoms in total. The number of nitrogens with one attached hydrogen (secondary N) is 2. The first kappa shape index (κ1) is 22.6. The molecule has 10 heteroatoms. The predicted molar refractivity (Wildman–Crippen MR) is 112 cm³/mol. The average molecular weight is 443 g/mol. The molecule has 1 aromatic carbocycles. The van der Waals surface area contributed by atoms with Crippen LogP contribution in [0.2, 0.25) is 0 Å². The number of carbonyl (C=O) groups is 2. The van der Waals surface area contributed by atoms with E-state index >= 15 is 0 Å². The summed E-state index contributed by atoms with van der Waals surface area (Å²) in [5.74, 6) is -0.173. The molecule has 1 aromatic heterocycles. The first-order chi connectivity index (χ1) is 13.4. The second-order valence-electron chi connectivity index (χ2n) is 6.01. The molecule has 0 radical (unpaired) electrons. The molecular formula is C18H23FN4O2S3. The van der Waals surface area contributed by atoms with E-state index < -0.39 is 0 Å². The number of rotatable bonds is 10. The summed E-state index contributed by atoms with van der Waals surface area (Å²) in [5, 5.41) is 13.5. The lowest BCUT2D eigenvalue weighted by molar-refractivity contribution is -0.121. The van der Waals surface area contributed by atoms with Gasteiger partial charge in [-0.1, -0.05) is 53.9 Å². The van der Waals surface area contributed by atoms with Crippen molar-refractivity contribution >= 4 is 46.7 Å². The fourth-order valence-corrected chi connectivity index (χ4v) is 5.12. The number of hydrogen-bond acceptors (Lipinski definition) is 7. The van der Waals surface area contributed by atoms with Gasteiger partial charge < -0.3 is 10.6 Å². The number of thioether (sulfide) groups is 2. The smallest absolute Gasteiger partial charge is 0.233 e. The molecule has 0 aliphatic carbocycles. The Labute approximate surface area is 176 Å². The Balaban J connectivity index is 1.81. The van der Waals surface area contributed by atoms with Gasteiger partial charge in [-0.3, -0.25) is 9.59 Å². The largest absolute Gasteiger partial charge is 0.355 e. The maximum atomic E-state index is 13.0. The summed E-state index contributed by atoms with van der Waals surface area (Å²) in [4.78, 5) is 24.0. The SMILES string of the molecule is CCCNC(=O)CSc1nnc(SC(C)C(=O)NC(C)c2ccc(F)cc2)s1. The van der Waals surface area contributed by atoms with Crippen molar-refractivity contribution < 1.29 is 14.0 Å². The van der Waals surface area contributed by atoms with E-state index in [1.807, 2.05) is 13.8 Å². The van der Waals surface area contributed by atoms with Gasteiger partial charge in [0.2, 0.25) is 11.8 Å². The maximum Gasteiger partial charge on any atom is 0.233 e. The molecule has 28 heavy (non-hydrogen) atoms. The zero-order valence-corrected chi connectivity index (χ0v) is 18.3. The monoisotopic (exact) mass is 442 g/mol. The van der Waals surface area contributed by atoms with Gasteiger partial charge in [0, 0.05) is 6.54 Å². The summed E-state index contributed by atoms with van der Waals surface area (Å²) in [7, 11) is 0. The third-order valence-corrected chi connectivity index (χ3v) is 6.90. The minimum Gasteiger partial charge on any atom is -0.355 e. The van der Waals surface area contributed by atoms with Gasteiger partial charge in [-0.25, -0.2) is 4.39 Å². The fourth-order valence-electron chi connectivity index (χ4n) is 2.12. The lowest BCUT2D eigenvalue weighted by Crippen LogP contribution is -2.33. The highest BCUT2D eigenvalue weighted by Gasteiger charge is 2.19. The Morgan fingerprint density at radius 3 is 2.54 bits per heavy atom. The molecule has 2 aromatic rings. The van der Waals surface area contributed by atoms with E-state index in [1.54, 1.807) is 19.1 Å². The van der Waals surface area contributed by atoms with Crippen molar-refractivity contribution in [1.29, 1.82) is 0 Å². The highest BCUT2D eigenvalue weighted by atomic mass is 32.2. The van der Waals surface area contributed by atoms with Crippen LogP contribution in [0, 0.1) is 5.82 Å². The molecule has 2 atom stereocenters. The summed E-state index contributed by atoms with van der Waals surface area (Å²) in [6.45, 7) is 6.31. The lowest BCUT2D eigenvalue weighted by Gasteiger charge is -2.17. The number of benzene rings is 1. The molecule has 0 fully saturated rings. The van der Waals surface area contributed by atoms with Crippen LogP contribution >= 0.6 is 34.9 Å². The van der Waals surface area contributed by atoms with Crippen LogP contribution in [-0.4, -0.2) is 39.6 Å². The maximum absolute atomic E-state index is 13.0. The van der Waals surface area contributed by atoms with Crippen molar-refractivity contribution in [2.45, 2.75) is 47.2 Å². The van der Waals surface area contributed by atoms with Crippen molar-refractivity contribution in [2.75, 3.05) is 12.3 Å². The number of carbonyl (C=O) groups excluding carboxylic acids is 2. The van der Waals surface area contributed by atoms with Crippen molar-refractivity contribution in [1.82, 2.24) is 20.8 Å². The minimum absolute atomic E-state index is 0.0289. The third-order valence-electron chi connectivity index (χ3n) is 3.66. The van der Waals surface area contributed by atoms with E-state index in [1.165, 1.54) is 47.0 Å². The highest BCUT2D eigenvalue weighted by Crippen LogP contribution is 2.31. The first-order valence-electron chi connectivity index (χ1n) is 8.84. The van der Waals surface area contributed by atoms with Crippen LogP contribution in [0.3, 0.4) is 0 Å². The third kappa shape index (κ3) is 7.40. The van der Waals surface area contributed by atoms with E-state index in [4.69, 9.17) is 0 Å². The molecule has 0 spiro atoms. The molecular weight excluding hydrogens is 419 g/mol. The van der Waals surface area contributed by atoms with Gasteiger partial charge in [0.1, 0.15) is 5.82 Å². The Bertz CT molecular complexity index is 785. The van der Waals surface area contributed by atoms with E-state index in [-0.39, 0.29) is 28.9 Å². The molecule has 0 aliphatic rings. The normalized spacial score (nSPS) is 13.0. The molecule has 2 rings (SSSR count). The Kier molecular flexibility index (Phi) is 9.20. The molecule has 2 unspecified atom stereocenters. The van der Waals surface area contributed by atoms with Gasteiger partial charge in [-0.2, -0.15) is 0 Å². The topological polar surface area (TPSA) is 84.0 Å². The standard InChI is InChI=1S/C18H23FN4O2S3/c1-4-9-20-15(24)10-26-17-22-23-18(28-17)27-12(3)16(25)21-11(2)13-5-7-14(19)8-6-13/h5-8,11-12H,4,9-10H2,1-3H3,(H,20,24)(H,21,25). The number of halogens is 1. The zero-order chi connectivity index (χ0) is 20.5. The van der Waals surface area contributed by atoms with E-state index in [0.717, 1.165) is 12.0 Å². The Hall–Kier alpha value is -1.65. The van der Waals surface area contributed by atoms with Crippen molar-refractivity contribution in [3.8, 4) is 0 Å². The molecule has 0 bridgehead atoms. The van der Waals surface area contributed by atoms with Crippen LogP contribution in [0.5, 0.6) is 0 Å². The minimum atomic E-state index is -0.360. The summed E-state index contributed by atoms with van der Waals surface area (Å²) >= 11 is 4.02. The molecule has 0 aliphatic heterocycles.